The number of likely N-dealkylation sites (tertiary alicyclic amines) is 1. The van der Waals surface area contributed by atoms with E-state index in [9.17, 15) is 9.90 Å². The molecular weight excluding hydrogens is 314 g/mol. The van der Waals surface area contributed by atoms with Gasteiger partial charge in [0, 0.05) is 36.8 Å². The lowest BCUT2D eigenvalue weighted by atomic mass is 9.56. The standard InChI is InChI=1S/C20H25N3O2/c1-19(25)9-16(10-19)18(24)22-12-20(13-22)7-15(8-20)6-14-2-3-17-4-5-21-23(17)11-14/h2-5,11,15-16,25H,6-10,12-13H2,1H3. The van der Waals surface area contributed by atoms with Crippen molar-refractivity contribution in [1.82, 2.24) is 14.5 Å². The maximum atomic E-state index is 12.4. The highest BCUT2D eigenvalue weighted by atomic mass is 16.3. The smallest absolute Gasteiger partial charge is 0.225 e. The van der Waals surface area contributed by atoms with Crippen LogP contribution in [0.2, 0.25) is 0 Å². The molecule has 0 bridgehead atoms. The van der Waals surface area contributed by atoms with Crippen LogP contribution in [0.1, 0.15) is 38.2 Å². The van der Waals surface area contributed by atoms with Crippen LogP contribution in [0.4, 0.5) is 0 Å². The predicted molar refractivity (Wildman–Crippen MR) is 94.0 cm³/mol. The van der Waals surface area contributed by atoms with Gasteiger partial charge in [0.2, 0.25) is 5.91 Å². The number of carbonyl (C=O) groups is 1. The quantitative estimate of drug-likeness (QED) is 0.933. The number of pyridine rings is 1. The molecule has 1 N–H and O–H groups in total. The van der Waals surface area contributed by atoms with Gasteiger partial charge in [-0.05, 0) is 62.6 Å². The Bertz CT molecular complexity index is 818. The third kappa shape index (κ3) is 2.56. The third-order valence-corrected chi connectivity index (χ3v) is 6.51. The molecule has 0 unspecified atom stereocenters. The van der Waals surface area contributed by atoms with Gasteiger partial charge in [-0.15, -0.1) is 0 Å². The number of hydrogen-bond donors (Lipinski definition) is 1. The first-order valence-electron chi connectivity index (χ1n) is 9.35. The fourth-order valence-corrected chi connectivity index (χ4v) is 5.33. The summed E-state index contributed by atoms with van der Waals surface area (Å²) < 4.78 is 1.95. The molecule has 2 saturated carbocycles. The minimum Gasteiger partial charge on any atom is -0.390 e. The minimum atomic E-state index is -0.611. The predicted octanol–water partition coefficient (Wildman–Crippen LogP) is 2.28. The topological polar surface area (TPSA) is 57.8 Å². The summed E-state index contributed by atoms with van der Waals surface area (Å²) in [5, 5.41) is 14.1. The van der Waals surface area contributed by atoms with E-state index in [1.165, 1.54) is 18.4 Å². The normalized spacial score (nSPS) is 30.8. The van der Waals surface area contributed by atoms with Gasteiger partial charge in [0.15, 0.2) is 0 Å². The fourth-order valence-electron chi connectivity index (χ4n) is 5.33. The van der Waals surface area contributed by atoms with Crippen molar-refractivity contribution in [2.75, 3.05) is 13.1 Å². The number of carbonyl (C=O) groups excluding carboxylic acids is 1. The molecule has 132 valence electrons. The number of hydrogen-bond acceptors (Lipinski definition) is 3. The largest absolute Gasteiger partial charge is 0.390 e. The van der Waals surface area contributed by atoms with Gasteiger partial charge in [-0.1, -0.05) is 6.07 Å². The van der Waals surface area contributed by atoms with Crippen molar-refractivity contribution >= 4 is 11.4 Å². The van der Waals surface area contributed by atoms with Gasteiger partial charge in [-0.25, -0.2) is 4.52 Å². The second kappa shape index (κ2) is 5.07. The second-order valence-electron chi connectivity index (χ2n) is 9.01. The van der Waals surface area contributed by atoms with E-state index < -0.39 is 5.60 Å². The van der Waals surface area contributed by atoms with Gasteiger partial charge in [0.25, 0.3) is 0 Å². The molecule has 2 aromatic rings. The van der Waals surface area contributed by atoms with Crippen LogP contribution in [0.5, 0.6) is 0 Å². The molecule has 5 heteroatoms. The van der Waals surface area contributed by atoms with Crippen LogP contribution in [0.3, 0.4) is 0 Å². The molecule has 2 aromatic heterocycles. The summed E-state index contributed by atoms with van der Waals surface area (Å²) in [7, 11) is 0. The molecule has 3 heterocycles. The molecule has 1 spiro atoms. The Kier molecular flexibility index (Phi) is 3.12. The molecule has 0 radical (unpaired) electrons. The van der Waals surface area contributed by atoms with Crippen LogP contribution in [-0.4, -0.2) is 44.2 Å². The van der Waals surface area contributed by atoms with E-state index >= 15 is 0 Å². The Balaban J connectivity index is 1.12. The highest BCUT2D eigenvalue weighted by Gasteiger charge is 2.55. The van der Waals surface area contributed by atoms with Crippen LogP contribution in [0.15, 0.2) is 30.6 Å². The van der Waals surface area contributed by atoms with Crippen molar-refractivity contribution in [3.63, 3.8) is 0 Å². The summed E-state index contributed by atoms with van der Waals surface area (Å²) in [6, 6.07) is 6.36. The number of aromatic nitrogens is 2. The van der Waals surface area contributed by atoms with Gasteiger partial charge in [0.1, 0.15) is 0 Å². The van der Waals surface area contributed by atoms with Crippen molar-refractivity contribution < 1.29 is 9.90 Å². The van der Waals surface area contributed by atoms with Crippen LogP contribution in [0.25, 0.3) is 5.52 Å². The zero-order valence-corrected chi connectivity index (χ0v) is 14.7. The van der Waals surface area contributed by atoms with Gasteiger partial charge >= 0.3 is 0 Å². The summed E-state index contributed by atoms with van der Waals surface area (Å²) in [6.07, 6.45) is 8.81. The monoisotopic (exact) mass is 339 g/mol. The molecule has 1 saturated heterocycles. The van der Waals surface area contributed by atoms with Crippen molar-refractivity contribution in [2.45, 2.75) is 44.6 Å². The first-order chi connectivity index (χ1) is 11.9. The minimum absolute atomic E-state index is 0.0593. The Hall–Kier alpha value is -1.88. The summed E-state index contributed by atoms with van der Waals surface area (Å²) in [5.74, 6) is 1.06. The lowest BCUT2D eigenvalue weighted by molar-refractivity contribution is -0.171. The van der Waals surface area contributed by atoms with Gasteiger partial charge in [-0.3, -0.25) is 4.79 Å². The zero-order chi connectivity index (χ0) is 17.2. The highest BCUT2D eigenvalue weighted by Crippen LogP contribution is 2.53. The molecule has 3 fully saturated rings. The zero-order valence-electron chi connectivity index (χ0n) is 14.7. The summed E-state index contributed by atoms with van der Waals surface area (Å²) in [4.78, 5) is 14.4. The third-order valence-electron chi connectivity index (χ3n) is 6.51. The van der Waals surface area contributed by atoms with E-state index in [0.717, 1.165) is 30.9 Å². The molecule has 25 heavy (non-hydrogen) atoms. The summed E-state index contributed by atoms with van der Waals surface area (Å²) in [5.41, 5.74) is 2.26. The van der Waals surface area contributed by atoms with Gasteiger partial charge in [-0.2, -0.15) is 5.10 Å². The molecule has 0 atom stereocenters. The SMILES string of the molecule is CC1(O)CC(C(=O)N2CC3(CC(Cc4ccc5ccnn5c4)C3)C2)C1. The summed E-state index contributed by atoms with van der Waals surface area (Å²) in [6.45, 7) is 3.68. The van der Waals surface area contributed by atoms with E-state index in [1.54, 1.807) is 0 Å². The van der Waals surface area contributed by atoms with Gasteiger partial charge < -0.3 is 10.0 Å². The molecule has 5 rings (SSSR count). The Morgan fingerprint density at radius 2 is 2.00 bits per heavy atom. The number of fused-ring (bicyclic) bond motifs is 1. The maximum absolute atomic E-state index is 12.4. The van der Waals surface area contributed by atoms with E-state index in [-0.39, 0.29) is 11.8 Å². The van der Waals surface area contributed by atoms with Crippen LogP contribution < -0.4 is 0 Å². The van der Waals surface area contributed by atoms with E-state index in [2.05, 4.69) is 23.4 Å². The first-order valence-corrected chi connectivity index (χ1v) is 9.35. The Morgan fingerprint density at radius 3 is 2.72 bits per heavy atom. The van der Waals surface area contributed by atoms with Crippen molar-refractivity contribution in [3.8, 4) is 0 Å². The molecule has 1 amide bonds. The Morgan fingerprint density at radius 1 is 1.24 bits per heavy atom. The number of nitrogens with zero attached hydrogens (tertiary/aromatic N) is 3. The van der Waals surface area contributed by atoms with Crippen molar-refractivity contribution in [1.29, 1.82) is 0 Å². The van der Waals surface area contributed by atoms with Crippen LogP contribution in [-0.2, 0) is 11.2 Å². The average molecular weight is 339 g/mol. The molecular formula is C20H25N3O2. The van der Waals surface area contributed by atoms with E-state index in [1.807, 2.05) is 28.6 Å². The molecule has 2 aliphatic carbocycles. The molecule has 0 aromatic carbocycles. The van der Waals surface area contributed by atoms with Crippen LogP contribution >= 0.6 is 0 Å². The fraction of sp³-hybridized carbons (Fsp3) is 0.600. The molecule has 5 nitrogen and oxygen atoms in total. The second-order valence-corrected chi connectivity index (χ2v) is 9.01. The lowest BCUT2D eigenvalue weighted by Crippen LogP contribution is -2.66. The van der Waals surface area contributed by atoms with E-state index in [4.69, 9.17) is 0 Å². The lowest BCUT2D eigenvalue weighted by Gasteiger charge is -2.60. The average Bonchev–Trinajstić information content (AvgIpc) is 2.92. The van der Waals surface area contributed by atoms with E-state index in [0.29, 0.717) is 18.3 Å². The van der Waals surface area contributed by atoms with Crippen LogP contribution in [0, 0.1) is 17.3 Å². The number of amides is 1. The molecule has 3 aliphatic rings. The first kappa shape index (κ1) is 15.4. The maximum Gasteiger partial charge on any atom is 0.225 e. The van der Waals surface area contributed by atoms with Gasteiger partial charge in [0.05, 0.1) is 11.1 Å². The van der Waals surface area contributed by atoms with Crippen molar-refractivity contribution in [3.05, 3.63) is 36.2 Å². The van der Waals surface area contributed by atoms with Crippen molar-refractivity contribution in [2.24, 2.45) is 17.3 Å². The number of aliphatic hydroxyl groups is 1. The molecule has 1 aliphatic heterocycles. The number of rotatable bonds is 3. The Labute approximate surface area is 147 Å². The highest BCUT2D eigenvalue weighted by molar-refractivity contribution is 5.81. The summed E-state index contributed by atoms with van der Waals surface area (Å²) >= 11 is 0.